The molecule has 1 aliphatic rings. The van der Waals surface area contributed by atoms with E-state index in [1.807, 2.05) is 0 Å². The maximum absolute atomic E-state index is 12.9. The minimum absolute atomic E-state index is 0.0394. The average Bonchev–Trinajstić information content (AvgIpc) is 2.55. The maximum atomic E-state index is 12.9. The average molecular weight is 342 g/mol. The zero-order chi connectivity index (χ0) is 16.9. The van der Waals surface area contributed by atoms with Gasteiger partial charge in [0.2, 0.25) is 10.0 Å². The van der Waals surface area contributed by atoms with Crippen molar-refractivity contribution < 1.29 is 17.6 Å². The first-order valence-electron chi connectivity index (χ1n) is 7.84. The maximum Gasteiger partial charge on any atom is 0.211 e. The molecule has 23 heavy (non-hydrogen) atoms. The van der Waals surface area contributed by atoms with Crippen LogP contribution in [0.5, 0.6) is 0 Å². The summed E-state index contributed by atoms with van der Waals surface area (Å²) in [7, 11) is -1.77. The molecule has 5 nitrogen and oxygen atoms in total. The number of likely N-dealkylation sites (tertiary alicyclic amines) is 1. The van der Waals surface area contributed by atoms with Crippen LogP contribution in [0.15, 0.2) is 24.3 Å². The van der Waals surface area contributed by atoms with E-state index in [0.717, 1.165) is 19.4 Å². The molecule has 1 aliphatic heterocycles. The third-order valence-corrected chi connectivity index (χ3v) is 5.65. The van der Waals surface area contributed by atoms with Crippen LogP contribution in [0, 0.1) is 11.7 Å². The van der Waals surface area contributed by atoms with Crippen molar-refractivity contribution in [3.05, 3.63) is 35.6 Å². The number of carbonyl (C=O) groups is 1. The number of sulfonamides is 1. The Labute approximate surface area is 136 Å². The number of benzene rings is 1. The van der Waals surface area contributed by atoms with E-state index < -0.39 is 10.0 Å². The smallest absolute Gasteiger partial charge is 0.211 e. The Morgan fingerprint density at radius 2 is 2.04 bits per heavy atom. The first-order valence-corrected chi connectivity index (χ1v) is 9.50. The minimum atomic E-state index is -3.18. The molecule has 1 saturated heterocycles. The molecule has 128 valence electrons. The lowest BCUT2D eigenvalue weighted by Gasteiger charge is -2.32. The Hall–Kier alpha value is -1.31. The monoisotopic (exact) mass is 342 g/mol. The Bertz CT molecular complexity index is 631. The molecular formula is C16H23FN2O3S. The van der Waals surface area contributed by atoms with Gasteiger partial charge in [-0.2, -0.15) is 0 Å². The molecule has 7 heteroatoms. The van der Waals surface area contributed by atoms with E-state index in [-0.39, 0.29) is 23.3 Å². The van der Waals surface area contributed by atoms with Crippen molar-refractivity contribution in [2.75, 3.05) is 32.4 Å². The normalized spacial score (nSPS) is 19.7. The van der Waals surface area contributed by atoms with Gasteiger partial charge in [0.15, 0.2) is 5.78 Å². The molecule has 1 heterocycles. The highest BCUT2D eigenvalue weighted by Gasteiger charge is 2.26. The van der Waals surface area contributed by atoms with Gasteiger partial charge in [-0.25, -0.2) is 17.5 Å². The molecule has 1 fully saturated rings. The predicted molar refractivity (Wildman–Crippen MR) is 87.4 cm³/mol. The van der Waals surface area contributed by atoms with E-state index in [0.29, 0.717) is 25.1 Å². The predicted octanol–water partition coefficient (Wildman–Crippen LogP) is 1.66. The van der Waals surface area contributed by atoms with Gasteiger partial charge in [0.1, 0.15) is 5.82 Å². The molecule has 0 radical (unpaired) electrons. The van der Waals surface area contributed by atoms with Gasteiger partial charge in [-0.1, -0.05) is 0 Å². The fourth-order valence-corrected chi connectivity index (χ4v) is 3.62. The van der Waals surface area contributed by atoms with Crippen LogP contribution in [-0.4, -0.2) is 51.5 Å². The summed E-state index contributed by atoms with van der Waals surface area (Å²) in [5.41, 5.74) is 0.538. The minimum Gasteiger partial charge on any atom is -0.303 e. The molecule has 0 spiro atoms. The van der Waals surface area contributed by atoms with Crippen molar-refractivity contribution in [2.45, 2.75) is 19.3 Å². The summed E-state index contributed by atoms with van der Waals surface area (Å²) in [4.78, 5) is 14.6. The van der Waals surface area contributed by atoms with Gasteiger partial charge in [-0.05, 0) is 63.7 Å². The van der Waals surface area contributed by atoms with E-state index in [1.54, 1.807) is 0 Å². The van der Waals surface area contributed by atoms with E-state index in [2.05, 4.69) is 9.62 Å². The number of ketones is 1. The van der Waals surface area contributed by atoms with Crippen LogP contribution in [0.1, 0.15) is 29.6 Å². The van der Waals surface area contributed by atoms with Crippen molar-refractivity contribution >= 4 is 15.8 Å². The fraction of sp³-hybridized carbons (Fsp3) is 0.562. The molecule has 0 aliphatic carbocycles. The summed E-state index contributed by atoms with van der Waals surface area (Å²) in [5, 5.41) is 0. The van der Waals surface area contributed by atoms with Crippen LogP contribution in [0.2, 0.25) is 0 Å². The summed E-state index contributed by atoms with van der Waals surface area (Å²) in [6, 6.07) is 5.65. The molecule has 0 aromatic heterocycles. The van der Waals surface area contributed by atoms with Crippen LogP contribution in [0.25, 0.3) is 0 Å². The Kier molecular flexibility index (Phi) is 6.26. The number of nitrogens with one attached hydrogen (secondary N) is 1. The SMILES string of the molecule is CNS(=O)(=O)CCCN1CCC[C@H](C(=O)c2ccc(F)cc2)C1. The van der Waals surface area contributed by atoms with E-state index in [1.165, 1.54) is 31.3 Å². The molecule has 2 rings (SSSR count). The second kappa shape index (κ2) is 7.99. The Morgan fingerprint density at radius 3 is 2.70 bits per heavy atom. The molecule has 1 N–H and O–H groups in total. The van der Waals surface area contributed by atoms with Crippen molar-refractivity contribution in [2.24, 2.45) is 5.92 Å². The van der Waals surface area contributed by atoms with Gasteiger partial charge < -0.3 is 4.90 Å². The van der Waals surface area contributed by atoms with Crippen molar-refractivity contribution in [3.63, 3.8) is 0 Å². The second-order valence-electron chi connectivity index (χ2n) is 5.89. The first kappa shape index (κ1) is 18.0. The summed E-state index contributed by atoms with van der Waals surface area (Å²) in [5.74, 6) is -0.318. The lowest BCUT2D eigenvalue weighted by atomic mass is 9.90. The number of nitrogens with zero attached hydrogens (tertiary/aromatic N) is 1. The lowest BCUT2D eigenvalue weighted by Crippen LogP contribution is -2.39. The third-order valence-electron chi connectivity index (χ3n) is 4.20. The molecule has 0 saturated carbocycles. The highest BCUT2D eigenvalue weighted by atomic mass is 32.2. The largest absolute Gasteiger partial charge is 0.303 e. The van der Waals surface area contributed by atoms with Gasteiger partial charge in [0.05, 0.1) is 5.75 Å². The van der Waals surface area contributed by atoms with Gasteiger partial charge in [0, 0.05) is 18.0 Å². The first-order chi connectivity index (χ1) is 10.9. The van der Waals surface area contributed by atoms with Gasteiger partial charge >= 0.3 is 0 Å². The van der Waals surface area contributed by atoms with Crippen LogP contribution < -0.4 is 4.72 Å². The number of hydrogen-bond donors (Lipinski definition) is 1. The number of piperidine rings is 1. The number of rotatable bonds is 7. The zero-order valence-corrected chi connectivity index (χ0v) is 14.1. The Balaban J connectivity index is 1.88. The summed E-state index contributed by atoms with van der Waals surface area (Å²) >= 11 is 0. The van der Waals surface area contributed by atoms with Crippen LogP contribution in [-0.2, 0) is 10.0 Å². The van der Waals surface area contributed by atoms with Gasteiger partial charge in [0.25, 0.3) is 0 Å². The van der Waals surface area contributed by atoms with Crippen molar-refractivity contribution in [3.8, 4) is 0 Å². The summed E-state index contributed by atoms with van der Waals surface area (Å²) < 4.78 is 38.1. The molecule has 0 unspecified atom stereocenters. The van der Waals surface area contributed by atoms with Crippen molar-refractivity contribution in [1.29, 1.82) is 0 Å². The Morgan fingerprint density at radius 1 is 1.35 bits per heavy atom. The van der Waals surface area contributed by atoms with E-state index in [9.17, 15) is 17.6 Å². The van der Waals surface area contributed by atoms with Gasteiger partial charge in [-0.15, -0.1) is 0 Å². The summed E-state index contributed by atoms with van der Waals surface area (Å²) in [6.07, 6.45) is 2.28. The standard InChI is InChI=1S/C16H23FN2O3S/c1-18-23(21,22)11-3-10-19-9-2-4-14(12-19)16(20)13-5-7-15(17)8-6-13/h5-8,14,18H,2-4,9-12H2,1H3/t14-/m0/s1. The topological polar surface area (TPSA) is 66.5 Å². The van der Waals surface area contributed by atoms with Gasteiger partial charge in [-0.3, -0.25) is 4.79 Å². The highest BCUT2D eigenvalue weighted by Crippen LogP contribution is 2.21. The molecule has 0 bridgehead atoms. The molecule has 1 aromatic carbocycles. The van der Waals surface area contributed by atoms with Crippen LogP contribution in [0.4, 0.5) is 4.39 Å². The molecular weight excluding hydrogens is 319 g/mol. The van der Waals surface area contributed by atoms with Crippen molar-refractivity contribution in [1.82, 2.24) is 9.62 Å². The highest BCUT2D eigenvalue weighted by molar-refractivity contribution is 7.89. The van der Waals surface area contributed by atoms with Crippen LogP contribution in [0.3, 0.4) is 0 Å². The number of halogens is 1. The molecule has 1 aromatic rings. The quantitative estimate of drug-likeness (QED) is 0.766. The van der Waals surface area contributed by atoms with E-state index >= 15 is 0 Å². The number of hydrogen-bond acceptors (Lipinski definition) is 4. The lowest BCUT2D eigenvalue weighted by molar-refractivity contribution is 0.0820. The van der Waals surface area contributed by atoms with Crippen LogP contribution >= 0.6 is 0 Å². The zero-order valence-electron chi connectivity index (χ0n) is 13.3. The summed E-state index contributed by atoms with van der Waals surface area (Å²) in [6.45, 7) is 2.18. The number of carbonyl (C=O) groups excluding carboxylic acids is 1. The second-order valence-corrected chi connectivity index (χ2v) is 7.93. The van der Waals surface area contributed by atoms with E-state index in [4.69, 9.17) is 0 Å². The number of Topliss-reactive ketones (excluding diaryl/α,β-unsaturated/α-hetero) is 1. The molecule has 0 amide bonds. The molecule has 1 atom stereocenters. The third kappa shape index (κ3) is 5.37. The fourth-order valence-electron chi connectivity index (χ4n) is 2.90.